The molecule has 0 saturated heterocycles. The van der Waals surface area contributed by atoms with Crippen molar-refractivity contribution in [3.63, 3.8) is 0 Å². The minimum absolute atomic E-state index is 0.279. The van der Waals surface area contributed by atoms with Gasteiger partial charge in [-0.3, -0.25) is 0 Å². The van der Waals surface area contributed by atoms with E-state index in [1.54, 1.807) is 6.07 Å². The summed E-state index contributed by atoms with van der Waals surface area (Å²) in [6.07, 6.45) is 2.45. The summed E-state index contributed by atoms with van der Waals surface area (Å²) < 4.78 is 5.31. The Morgan fingerprint density at radius 3 is 3.08 bits per heavy atom. The molecule has 0 unspecified atom stereocenters. The Kier molecular flexibility index (Phi) is 3.57. The fraction of sp³-hybridized carbons (Fsp3) is 0.375. The normalized spacial score (nSPS) is 9.62. The molecule has 0 bridgehead atoms. The molecule has 0 spiro atoms. The summed E-state index contributed by atoms with van der Waals surface area (Å²) in [7, 11) is 0. The lowest BCUT2D eigenvalue weighted by molar-refractivity contribution is 0.301. The maximum Gasteiger partial charge on any atom is 0.243 e. The molecule has 2 N–H and O–H groups in total. The molecule has 0 atom stereocenters. The van der Waals surface area contributed by atoms with Crippen molar-refractivity contribution in [2.45, 2.75) is 13.3 Å². The van der Waals surface area contributed by atoms with Crippen LogP contribution in [0, 0.1) is 0 Å². The minimum Gasteiger partial charge on any atom is -0.476 e. The molecule has 0 aliphatic heterocycles. The number of nitrogens with two attached hydrogens (primary N) is 1. The fourth-order valence-electron chi connectivity index (χ4n) is 0.812. The molecule has 0 aromatic carbocycles. The second-order valence-corrected chi connectivity index (χ2v) is 2.90. The SMILES string of the molecule is CCCOc1nnccc1C(N)=S. The highest BCUT2D eigenvalue weighted by molar-refractivity contribution is 7.80. The summed E-state index contributed by atoms with van der Waals surface area (Å²) in [6.45, 7) is 2.60. The maximum absolute atomic E-state index is 5.47. The van der Waals surface area contributed by atoms with Crippen LogP contribution in [0.3, 0.4) is 0 Å². The fourth-order valence-corrected chi connectivity index (χ4v) is 0.967. The molecular formula is C8H11N3OS. The summed E-state index contributed by atoms with van der Waals surface area (Å²) in [6, 6.07) is 1.69. The zero-order chi connectivity index (χ0) is 9.68. The van der Waals surface area contributed by atoms with Crippen molar-refractivity contribution in [1.29, 1.82) is 0 Å². The first-order chi connectivity index (χ1) is 6.25. The van der Waals surface area contributed by atoms with Crippen LogP contribution in [0.4, 0.5) is 0 Å². The van der Waals surface area contributed by atoms with Gasteiger partial charge < -0.3 is 10.5 Å². The molecule has 0 aliphatic rings. The molecule has 1 rings (SSSR count). The van der Waals surface area contributed by atoms with Crippen LogP contribution in [0.15, 0.2) is 12.3 Å². The van der Waals surface area contributed by atoms with Gasteiger partial charge in [0.05, 0.1) is 18.4 Å². The molecule has 1 aromatic heterocycles. The molecule has 0 radical (unpaired) electrons. The van der Waals surface area contributed by atoms with E-state index in [0.29, 0.717) is 18.1 Å². The smallest absolute Gasteiger partial charge is 0.243 e. The zero-order valence-corrected chi connectivity index (χ0v) is 8.17. The largest absolute Gasteiger partial charge is 0.476 e. The highest BCUT2D eigenvalue weighted by Crippen LogP contribution is 2.12. The summed E-state index contributed by atoms with van der Waals surface area (Å²) >= 11 is 4.83. The monoisotopic (exact) mass is 197 g/mol. The third-order valence-electron chi connectivity index (χ3n) is 1.40. The average Bonchev–Trinajstić information content (AvgIpc) is 2.15. The molecule has 13 heavy (non-hydrogen) atoms. The molecular weight excluding hydrogens is 186 g/mol. The van der Waals surface area contributed by atoms with Crippen LogP contribution in [-0.2, 0) is 0 Å². The highest BCUT2D eigenvalue weighted by Gasteiger charge is 2.06. The minimum atomic E-state index is 0.279. The van der Waals surface area contributed by atoms with Crippen LogP contribution in [0.2, 0.25) is 0 Å². The van der Waals surface area contributed by atoms with Crippen LogP contribution >= 0.6 is 12.2 Å². The molecule has 1 heterocycles. The summed E-state index contributed by atoms with van der Waals surface area (Å²) in [4.78, 5) is 0.279. The van der Waals surface area contributed by atoms with Gasteiger partial charge in [0, 0.05) is 0 Å². The van der Waals surface area contributed by atoms with Gasteiger partial charge in [-0.15, -0.1) is 5.10 Å². The van der Waals surface area contributed by atoms with Crippen LogP contribution in [0.5, 0.6) is 5.88 Å². The molecule has 70 valence electrons. The van der Waals surface area contributed by atoms with Gasteiger partial charge in [-0.1, -0.05) is 19.1 Å². The van der Waals surface area contributed by atoms with E-state index in [1.165, 1.54) is 6.20 Å². The van der Waals surface area contributed by atoms with E-state index >= 15 is 0 Å². The van der Waals surface area contributed by atoms with Gasteiger partial charge in [0.1, 0.15) is 4.99 Å². The second-order valence-electron chi connectivity index (χ2n) is 2.46. The Balaban J connectivity index is 2.84. The first kappa shape index (κ1) is 9.85. The number of nitrogens with zero attached hydrogens (tertiary/aromatic N) is 2. The number of aromatic nitrogens is 2. The molecule has 4 nitrogen and oxygen atoms in total. The van der Waals surface area contributed by atoms with Crippen molar-refractivity contribution >= 4 is 17.2 Å². The first-order valence-corrected chi connectivity index (χ1v) is 4.40. The summed E-state index contributed by atoms with van der Waals surface area (Å²) in [5, 5.41) is 7.49. The van der Waals surface area contributed by atoms with Gasteiger partial charge in [0.25, 0.3) is 0 Å². The van der Waals surface area contributed by atoms with Crippen LogP contribution in [-0.4, -0.2) is 21.8 Å². The predicted molar refractivity (Wildman–Crippen MR) is 53.7 cm³/mol. The van der Waals surface area contributed by atoms with E-state index in [9.17, 15) is 0 Å². The Morgan fingerprint density at radius 2 is 2.46 bits per heavy atom. The van der Waals surface area contributed by atoms with Gasteiger partial charge in [-0.05, 0) is 12.5 Å². The zero-order valence-electron chi connectivity index (χ0n) is 7.36. The summed E-state index contributed by atoms with van der Waals surface area (Å²) in [5.41, 5.74) is 6.11. The van der Waals surface area contributed by atoms with Gasteiger partial charge in [-0.25, -0.2) is 0 Å². The Morgan fingerprint density at radius 1 is 1.69 bits per heavy atom. The van der Waals surface area contributed by atoms with E-state index in [0.717, 1.165) is 6.42 Å². The van der Waals surface area contributed by atoms with Crippen LogP contribution in [0.1, 0.15) is 18.9 Å². The number of rotatable bonds is 4. The Labute approximate surface area is 82.1 Å². The van der Waals surface area contributed by atoms with Gasteiger partial charge in [0.15, 0.2) is 0 Å². The Bertz CT molecular complexity index is 303. The van der Waals surface area contributed by atoms with Crippen molar-refractivity contribution in [1.82, 2.24) is 10.2 Å². The second kappa shape index (κ2) is 4.71. The predicted octanol–water partition coefficient (Wildman–Crippen LogP) is 0.900. The van der Waals surface area contributed by atoms with Crippen molar-refractivity contribution in [3.8, 4) is 5.88 Å². The first-order valence-electron chi connectivity index (χ1n) is 4.00. The maximum atomic E-state index is 5.47. The molecule has 0 amide bonds. The lowest BCUT2D eigenvalue weighted by Gasteiger charge is -2.06. The van der Waals surface area contributed by atoms with Crippen molar-refractivity contribution in [2.75, 3.05) is 6.61 Å². The topological polar surface area (TPSA) is 61.0 Å². The molecule has 1 aromatic rings. The van der Waals surface area contributed by atoms with Gasteiger partial charge >= 0.3 is 0 Å². The van der Waals surface area contributed by atoms with Gasteiger partial charge in [-0.2, -0.15) is 5.10 Å². The number of hydrogen-bond donors (Lipinski definition) is 1. The van der Waals surface area contributed by atoms with Crippen molar-refractivity contribution in [3.05, 3.63) is 17.8 Å². The Hall–Kier alpha value is -1.23. The molecule has 0 saturated carbocycles. The van der Waals surface area contributed by atoms with E-state index in [-0.39, 0.29) is 4.99 Å². The van der Waals surface area contributed by atoms with E-state index < -0.39 is 0 Å². The lowest BCUT2D eigenvalue weighted by atomic mass is 10.3. The number of thiocarbonyl (C=S) groups is 1. The van der Waals surface area contributed by atoms with Crippen LogP contribution in [0.25, 0.3) is 0 Å². The number of hydrogen-bond acceptors (Lipinski definition) is 4. The standard InChI is InChI=1S/C8H11N3OS/c1-2-5-12-8-6(7(9)13)3-4-10-11-8/h3-4H,2,5H2,1H3,(H2,9,13). The molecule has 5 heteroatoms. The lowest BCUT2D eigenvalue weighted by Crippen LogP contribution is -2.13. The van der Waals surface area contributed by atoms with E-state index in [4.69, 9.17) is 22.7 Å². The average molecular weight is 197 g/mol. The third-order valence-corrected chi connectivity index (χ3v) is 1.62. The van der Waals surface area contributed by atoms with Crippen molar-refractivity contribution in [2.24, 2.45) is 5.73 Å². The number of ether oxygens (including phenoxy) is 1. The van der Waals surface area contributed by atoms with E-state index in [1.807, 2.05) is 6.92 Å². The third kappa shape index (κ3) is 2.62. The molecule has 0 fully saturated rings. The molecule has 0 aliphatic carbocycles. The summed E-state index contributed by atoms with van der Waals surface area (Å²) in [5.74, 6) is 0.414. The van der Waals surface area contributed by atoms with Gasteiger partial charge in [0.2, 0.25) is 5.88 Å². The van der Waals surface area contributed by atoms with E-state index in [2.05, 4.69) is 10.2 Å². The highest BCUT2D eigenvalue weighted by atomic mass is 32.1. The van der Waals surface area contributed by atoms with Crippen molar-refractivity contribution < 1.29 is 4.74 Å². The quantitative estimate of drug-likeness (QED) is 0.727. The van der Waals surface area contributed by atoms with Crippen LogP contribution < -0.4 is 10.5 Å².